The van der Waals surface area contributed by atoms with E-state index < -0.39 is 17.7 Å². The largest absolute Gasteiger partial charge is 0.422 e. The molecule has 0 bridgehead atoms. The van der Waals surface area contributed by atoms with Crippen LogP contribution in [0.5, 0.6) is 0 Å². The van der Waals surface area contributed by atoms with Gasteiger partial charge in [0.2, 0.25) is 0 Å². The van der Waals surface area contributed by atoms with E-state index >= 15 is 0 Å². The van der Waals surface area contributed by atoms with Gasteiger partial charge in [-0.15, -0.1) is 5.10 Å². The molecule has 2 heterocycles. The fourth-order valence-electron chi connectivity index (χ4n) is 1.94. The first-order chi connectivity index (χ1) is 11.0. The summed E-state index contributed by atoms with van der Waals surface area (Å²) < 4.78 is 32.0. The molecule has 0 saturated heterocycles. The molecule has 3 rings (SSSR count). The normalized spacial score (nSPS) is 11.2. The Morgan fingerprint density at radius 1 is 1.26 bits per heavy atom. The molecule has 23 heavy (non-hydrogen) atoms. The average Bonchev–Trinajstić information content (AvgIpc) is 3.00. The van der Waals surface area contributed by atoms with E-state index in [1.54, 1.807) is 24.3 Å². The van der Waals surface area contributed by atoms with Crippen molar-refractivity contribution in [2.45, 2.75) is 6.43 Å². The van der Waals surface area contributed by atoms with Gasteiger partial charge < -0.3 is 4.42 Å². The Bertz CT molecular complexity index is 926. The molecular formula is C14H7BrClF2N3O2. The van der Waals surface area contributed by atoms with Gasteiger partial charge in [-0.3, -0.25) is 0 Å². The van der Waals surface area contributed by atoms with Gasteiger partial charge in [-0.25, -0.2) is 18.3 Å². The summed E-state index contributed by atoms with van der Waals surface area (Å²) in [5, 5.41) is 7.48. The molecule has 0 atom stereocenters. The first-order valence-electron chi connectivity index (χ1n) is 6.26. The molecule has 0 aliphatic rings. The summed E-state index contributed by atoms with van der Waals surface area (Å²) in [5.41, 5.74) is -0.199. The van der Waals surface area contributed by atoms with Crippen LogP contribution < -0.4 is 5.63 Å². The highest BCUT2D eigenvalue weighted by atomic mass is 79.9. The van der Waals surface area contributed by atoms with E-state index in [2.05, 4.69) is 26.2 Å². The van der Waals surface area contributed by atoms with Crippen LogP contribution in [-0.4, -0.2) is 15.0 Å². The first-order valence-corrected chi connectivity index (χ1v) is 7.43. The molecule has 9 heteroatoms. The molecule has 0 saturated carbocycles. The number of hydrogen-bond donors (Lipinski definition) is 0. The zero-order valence-corrected chi connectivity index (χ0v) is 13.6. The lowest BCUT2D eigenvalue weighted by molar-refractivity contribution is 0.146. The van der Waals surface area contributed by atoms with Crippen molar-refractivity contribution in [3.8, 4) is 17.0 Å². The van der Waals surface area contributed by atoms with Crippen molar-refractivity contribution < 1.29 is 13.2 Å². The van der Waals surface area contributed by atoms with E-state index in [-0.39, 0.29) is 10.2 Å². The van der Waals surface area contributed by atoms with Gasteiger partial charge in [-0.05, 0) is 46.3 Å². The zero-order valence-electron chi connectivity index (χ0n) is 11.2. The fourth-order valence-corrected chi connectivity index (χ4v) is 2.33. The predicted octanol–water partition coefficient (Wildman–Crippen LogP) is 4.24. The second-order valence-electron chi connectivity index (χ2n) is 4.49. The van der Waals surface area contributed by atoms with Crippen molar-refractivity contribution in [3.63, 3.8) is 0 Å². The van der Waals surface area contributed by atoms with Crippen LogP contribution in [0.4, 0.5) is 8.78 Å². The lowest BCUT2D eigenvalue weighted by Crippen LogP contribution is -2.02. The van der Waals surface area contributed by atoms with Crippen molar-refractivity contribution >= 4 is 27.5 Å². The smallest absolute Gasteiger partial charge is 0.350 e. The summed E-state index contributed by atoms with van der Waals surface area (Å²) in [5.74, 6) is 0.227. The second-order valence-corrected chi connectivity index (χ2v) is 5.78. The van der Waals surface area contributed by atoms with Crippen LogP contribution in [0.2, 0.25) is 5.02 Å². The molecule has 3 aromatic rings. The Morgan fingerprint density at radius 2 is 2.04 bits per heavy atom. The molecule has 1 aromatic carbocycles. The molecule has 5 nitrogen and oxygen atoms in total. The van der Waals surface area contributed by atoms with Crippen molar-refractivity contribution in [3.05, 3.63) is 62.1 Å². The van der Waals surface area contributed by atoms with E-state index in [0.29, 0.717) is 16.3 Å². The summed E-state index contributed by atoms with van der Waals surface area (Å²) >= 11 is 9.04. The van der Waals surface area contributed by atoms with Gasteiger partial charge in [0, 0.05) is 10.6 Å². The average molecular weight is 403 g/mol. The van der Waals surface area contributed by atoms with Crippen LogP contribution in [0.1, 0.15) is 12.1 Å². The van der Waals surface area contributed by atoms with Gasteiger partial charge in [0.1, 0.15) is 15.9 Å². The summed E-state index contributed by atoms with van der Waals surface area (Å²) in [6.07, 6.45) is -1.63. The van der Waals surface area contributed by atoms with E-state index in [4.69, 9.17) is 16.0 Å². The molecular weight excluding hydrogens is 396 g/mol. The highest BCUT2D eigenvalue weighted by Crippen LogP contribution is 2.30. The quantitative estimate of drug-likeness (QED) is 0.657. The standard InChI is InChI=1S/C14H7BrClF2N3O2/c15-9-2-4-12(23-14(9)22)8-5-7(16)1-3-11(8)21-6-10(13(17)18)19-20-21/h1-6,13H. The molecule has 0 N–H and O–H groups in total. The third kappa shape index (κ3) is 3.18. The number of rotatable bonds is 3. The number of halogens is 4. The van der Waals surface area contributed by atoms with Crippen LogP contribution in [0, 0.1) is 0 Å². The van der Waals surface area contributed by atoms with Crippen molar-refractivity contribution in [2.75, 3.05) is 0 Å². The first kappa shape index (κ1) is 15.8. The summed E-state index contributed by atoms with van der Waals surface area (Å²) in [6, 6.07) is 7.78. The third-order valence-electron chi connectivity index (χ3n) is 2.98. The molecule has 0 spiro atoms. The molecule has 0 aliphatic heterocycles. The van der Waals surface area contributed by atoms with Crippen LogP contribution >= 0.6 is 27.5 Å². The van der Waals surface area contributed by atoms with E-state index in [0.717, 1.165) is 6.20 Å². The van der Waals surface area contributed by atoms with Gasteiger partial charge in [0.15, 0.2) is 0 Å². The summed E-state index contributed by atoms with van der Waals surface area (Å²) in [4.78, 5) is 11.7. The minimum absolute atomic E-state index is 0.227. The zero-order chi connectivity index (χ0) is 16.6. The highest BCUT2D eigenvalue weighted by molar-refractivity contribution is 9.10. The Labute approximate surface area is 141 Å². The number of alkyl halides is 2. The Balaban J connectivity index is 2.17. The maximum absolute atomic E-state index is 12.7. The molecule has 0 aliphatic carbocycles. The molecule has 0 amide bonds. The van der Waals surface area contributed by atoms with Crippen LogP contribution in [0.25, 0.3) is 17.0 Å². The molecule has 2 aromatic heterocycles. The van der Waals surface area contributed by atoms with Crippen LogP contribution in [-0.2, 0) is 0 Å². The number of hydrogen-bond acceptors (Lipinski definition) is 4. The minimum atomic E-state index is -2.73. The number of nitrogens with zero attached hydrogens (tertiary/aromatic N) is 3. The summed E-state index contributed by atoms with van der Waals surface area (Å²) in [7, 11) is 0. The van der Waals surface area contributed by atoms with Crippen molar-refractivity contribution in [2.24, 2.45) is 0 Å². The number of aromatic nitrogens is 3. The van der Waals surface area contributed by atoms with Crippen molar-refractivity contribution in [1.29, 1.82) is 0 Å². The monoisotopic (exact) mass is 401 g/mol. The third-order valence-corrected chi connectivity index (χ3v) is 3.81. The molecule has 0 radical (unpaired) electrons. The van der Waals surface area contributed by atoms with Crippen molar-refractivity contribution in [1.82, 2.24) is 15.0 Å². The lowest BCUT2D eigenvalue weighted by atomic mass is 10.1. The van der Waals surface area contributed by atoms with Gasteiger partial charge in [-0.2, -0.15) is 0 Å². The lowest BCUT2D eigenvalue weighted by Gasteiger charge is -2.08. The predicted molar refractivity (Wildman–Crippen MR) is 83.0 cm³/mol. The number of benzene rings is 1. The molecule has 0 unspecified atom stereocenters. The van der Waals surface area contributed by atoms with Crippen LogP contribution in [0.3, 0.4) is 0 Å². The highest BCUT2D eigenvalue weighted by Gasteiger charge is 2.16. The fraction of sp³-hybridized carbons (Fsp3) is 0.0714. The van der Waals surface area contributed by atoms with Gasteiger partial charge in [0.05, 0.1) is 11.9 Å². The van der Waals surface area contributed by atoms with Gasteiger partial charge in [-0.1, -0.05) is 16.8 Å². The SMILES string of the molecule is O=c1oc(-c2cc(Cl)ccc2-n2cc(C(F)F)nn2)ccc1Br. The summed E-state index contributed by atoms with van der Waals surface area (Å²) in [6.45, 7) is 0. The van der Waals surface area contributed by atoms with Gasteiger partial charge >= 0.3 is 5.63 Å². The van der Waals surface area contributed by atoms with Gasteiger partial charge in [0.25, 0.3) is 6.43 Å². The van der Waals surface area contributed by atoms with Crippen LogP contribution in [0.15, 0.2) is 50.2 Å². The molecule has 0 fully saturated rings. The Kier molecular flexibility index (Phi) is 4.27. The Hall–Kier alpha value is -2.06. The van der Waals surface area contributed by atoms with E-state index in [9.17, 15) is 13.6 Å². The molecule has 118 valence electrons. The maximum Gasteiger partial charge on any atom is 0.350 e. The Morgan fingerprint density at radius 3 is 2.70 bits per heavy atom. The topological polar surface area (TPSA) is 60.9 Å². The van der Waals surface area contributed by atoms with E-state index in [1.165, 1.54) is 10.7 Å². The second kappa shape index (κ2) is 6.21. The minimum Gasteiger partial charge on any atom is -0.422 e. The maximum atomic E-state index is 12.7. The van der Waals surface area contributed by atoms with E-state index in [1.807, 2.05) is 0 Å².